The van der Waals surface area contributed by atoms with Gasteiger partial charge < -0.3 is 10.4 Å². The Kier molecular flexibility index (Phi) is 7.08. The van der Waals surface area contributed by atoms with E-state index >= 15 is 0 Å². The molecule has 0 spiro atoms. The second-order valence-electron chi connectivity index (χ2n) is 8.23. The molecule has 1 aromatic heterocycles. The minimum absolute atomic E-state index is 0.260. The number of thiazole rings is 1. The average molecular weight is 427 g/mol. The van der Waals surface area contributed by atoms with E-state index in [0.717, 1.165) is 33.7 Å². The molecule has 1 aliphatic carbocycles. The van der Waals surface area contributed by atoms with Crippen LogP contribution in [0.1, 0.15) is 56.9 Å². The summed E-state index contributed by atoms with van der Waals surface area (Å²) in [6.45, 7) is 8.10. The molecule has 1 heterocycles. The molecule has 6 heteroatoms. The first-order valence-electron chi connectivity index (χ1n) is 10.6. The van der Waals surface area contributed by atoms with Crippen molar-refractivity contribution in [3.8, 4) is 11.3 Å². The van der Waals surface area contributed by atoms with E-state index in [9.17, 15) is 14.7 Å². The van der Waals surface area contributed by atoms with Gasteiger partial charge in [-0.2, -0.15) is 0 Å². The van der Waals surface area contributed by atoms with Crippen LogP contribution >= 0.6 is 11.3 Å². The topological polar surface area (TPSA) is 79.3 Å². The third kappa shape index (κ3) is 4.98. The molecule has 3 rings (SSSR count). The van der Waals surface area contributed by atoms with Crippen molar-refractivity contribution in [3.63, 3.8) is 0 Å². The Morgan fingerprint density at radius 3 is 2.33 bits per heavy atom. The van der Waals surface area contributed by atoms with Crippen LogP contribution in [-0.4, -0.2) is 22.0 Å². The van der Waals surface area contributed by atoms with Gasteiger partial charge in [-0.05, 0) is 52.0 Å². The molecule has 0 saturated carbocycles. The maximum atomic E-state index is 12.9. The first kappa shape index (κ1) is 22.2. The Morgan fingerprint density at radius 2 is 1.73 bits per heavy atom. The number of carboxylic acid groups (broad SMARTS) is 1. The second-order valence-corrected chi connectivity index (χ2v) is 9.44. The van der Waals surface area contributed by atoms with Crippen LogP contribution in [0.25, 0.3) is 11.3 Å². The lowest BCUT2D eigenvalue weighted by Gasteiger charge is -2.29. The summed E-state index contributed by atoms with van der Waals surface area (Å²) in [4.78, 5) is 30.3. The molecule has 0 radical (unpaired) electrons. The molecule has 0 saturated heterocycles. The average Bonchev–Trinajstić information content (AvgIpc) is 3.08. The van der Waals surface area contributed by atoms with E-state index in [2.05, 4.69) is 41.5 Å². The maximum absolute atomic E-state index is 12.9. The van der Waals surface area contributed by atoms with Crippen molar-refractivity contribution in [2.45, 2.75) is 59.8 Å². The predicted molar refractivity (Wildman–Crippen MR) is 122 cm³/mol. The van der Waals surface area contributed by atoms with Gasteiger partial charge >= 0.3 is 5.97 Å². The number of unbranched alkanes of at least 4 members (excludes halogenated alkanes) is 1. The Bertz CT molecular complexity index is 959. The number of aromatic nitrogens is 1. The van der Waals surface area contributed by atoms with Gasteiger partial charge in [-0.15, -0.1) is 11.3 Å². The zero-order valence-corrected chi connectivity index (χ0v) is 18.9. The number of benzene rings is 1. The van der Waals surface area contributed by atoms with Crippen LogP contribution in [0, 0.1) is 18.8 Å². The van der Waals surface area contributed by atoms with Crippen LogP contribution in [-0.2, 0) is 16.0 Å². The zero-order chi connectivity index (χ0) is 21.8. The highest BCUT2D eigenvalue weighted by molar-refractivity contribution is 7.16. The van der Waals surface area contributed by atoms with Crippen molar-refractivity contribution in [1.82, 2.24) is 4.98 Å². The van der Waals surface area contributed by atoms with Crippen LogP contribution < -0.4 is 5.32 Å². The van der Waals surface area contributed by atoms with Crippen LogP contribution in [0.4, 0.5) is 5.13 Å². The summed E-state index contributed by atoms with van der Waals surface area (Å²) in [6, 6.07) is 8.44. The number of amides is 1. The van der Waals surface area contributed by atoms with Crippen LogP contribution in [0.2, 0.25) is 0 Å². The van der Waals surface area contributed by atoms with Crippen molar-refractivity contribution >= 4 is 28.3 Å². The highest BCUT2D eigenvalue weighted by Crippen LogP contribution is 2.36. The van der Waals surface area contributed by atoms with Crippen molar-refractivity contribution < 1.29 is 14.7 Å². The number of carbonyl (C=O) groups is 2. The van der Waals surface area contributed by atoms with E-state index < -0.39 is 17.8 Å². The minimum atomic E-state index is -0.916. The lowest BCUT2D eigenvalue weighted by molar-refractivity contribution is -0.146. The van der Waals surface area contributed by atoms with Gasteiger partial charge in [0, 0.05) is 10.4 Å². The van der Waals surface area contributed by atoms with Gasteiger partial charge in [-0.1, -0.05) is 48.8 Å². The normalized spacial score (nSPS) is 19.1. The van der Waals surface area contributed by atoms with Crippen molar-refractivity contribution in [3.05, 3.63) is 45.9 Å². The quantitative estimate of drug-likeness (QED) is 0.545. The number of anilines is 1. The fourth-order valence-electron chi connectivity index (χ4n) is 3.95. The van der Waals surface area contributed by atoms with Gasteiger partial charge in [-0.3, -0.25) is 9.59 Å². The summed E-state index contributed by atoms with van der Waals surface area (Å²) in [5.74, 6) is -2.44. The SMILES string of the molecule is CCCCc1ccc(-c2nc(NC(=O)[C@@H]3CC(C)=C(C)C[C@H]3C(=O)O)sc2C)cc1. The van der Waals surface area contributed by atoms with Gasteiger partial charge in [0.1, 0.15) is 0 Å². The number of nitrogens with zero attached hydrogens (tertiary/aromatic N) is 1. The molecule has 0 aliphatic heterocycles. The summed E-state index contributed by atoms with van der Waals surface area (Å²) in [7, 11) is 0. The Hall–Kier alpha value is -2.47. The molecular formula is C24H30N2O3S. The molecule has 5 nitrogen and oxygen atoms in total. The number of aliphatic carboxylic acids is 1. The van der Waals surface area contributed by atoms with E-state index in [0.29, 0.717) is 18.0 Å². The van der Waals surface area contributed by atoms with Gasteiger partial charge in [0.05, 0.1) is 17.5 Å². The Labute approximate surface area is 182 Å². The van der Waals surface area contributed by atoms with E-state index in [1.54, 1.807) is 0 Å². The van der Waals surface area contributed by atoms with E-state index in [-0.39, 0.29) is 5.91 Å². The fourth-order valence-corrected chi connectivity index (χ4v) is 4.79. The van der Waals surface area contributed by atoms with Crippen LogP contribution in [0.3, 0.4) is 0 Å². The van der Waals surface area contributed by atoms with E-state index in [4.69, 9.17) is 0 Å². The molecule has 30 heavy (non-hydrogen) atoms. The molecule has 0 bridgehead atoms. The number of carboxylic acids is 1. The first-order chi connectivity index (χ1) is 14.3. The molecule has 2 atom stereocenters. The molecule has 2 aromatic rings. The molecule has 1 aliphatic rings. The number of hydrogen-bond acceptors (Lipinski definition) is 4. The molecular weight excluding hydrogens is 396 g/mol. The molecule has 1 amide bonds. The number of hydrogen-bond donors (Lipinski definition) is 2. The third-order valence-electron chi connectivity index (χ3n) is 5.99. The number of nitrogens with one attached hydrogen (secondary N) is 1. The summed E-state index contributed by atoms with van der Waals surface area (Å²) in [5.41, 5.74) is 5.38. The number of aryl methyl sites for hydroxylation is 2. The molecule has 160 valence electrons. The Morgan fingerprint density at radius 1 is 1.10 bits per heavy atom. The summed E-state index contributed by atoms with van der Waals surface area (Å²) >= 11 is 1.43. The summed E-state index contributed by atoms with van der Waals surface area (Å²) in [6.07, 6.45) is 4.33. The maximum Gasteiger partial charge on any atom is 0.307 e. The van der Waals surface area contributed by atoms with E-state index in [1.807, 2.05) is 20.8 Å². The Balaban J connectivity index is 1.75. The van der Waals surface area contributed by atoms with Gasteiger partial charge in [0.15, 0.2) is 5.13 Å². The smallest absolute Gasteiger partial charge is 0.307 e. The standard InChI is InChI=1S/C24H30N2O3S/c1-5-6-7-17-8-10-18(11-9-17)21-16(4)30-24(25-21)26-22(27)19-12-14(2)15(3)13-20(19)23(28)29/h8-11,19-20H,5-7,12-13H2,1-4H3,(H,28,29)(H,25,26,27)/t19-,20-/m1/s1. The second kappa shape index (κ2) is 9.56. The highest BCUT2D eigenvalue weighted by Gasteiger charge is 2.37. The minimum Gasteiger partial charge on any atom is -0.481 e. The van der Waals surface area contributed by atoms with Crippen LogP contribution in [0.15, 0.2) is 35.4 Å². The van der Waals surface area contributed by atoms with Gasteiger partial charge in [0.2, 0.25) is 5.91 Å². The summed E-state index contributed by atoms with van der Waals surface area (Å²) in [5, 5.41) is 13.0. The molecule has 0 unspecified atom stereocenters. The van der Waals surface area contributed by atoms with Gasteiger partial charge in [0.25, 0.3) is 0 Å². The monoisotopic (exact) mass is 426 g/mol. The zero-order valence-electron chi connectivity index (χ0n) is 18.1. The summed E-state index contributed by atoms with van der Waals surface area (Å²) < 4.78 is 0. The predicted octanol–water partition coefficient (Wildman–Crippen LogP) is 5.85. The van der Waals surface area contributed by atoms with Crippen molar-refractivity contribution in [2.24, 2.45) is 11.8 Å². The fraction of sp³-hybridized carbons (Fsp3) is 0.458. The third-order valence-corrected chi connectivity index (χ3v) is 6.88. The van der Waals surface area contributed by atoms with Crippen molar-refractivity contribution in [1.29, 1.82) is 0 Å². The van der Waals surface area contributed by atoms with Crippen molar-refractivity contribution in [2.75, 3.05) is 5.32 Å². The first-order valence-corrected chi connectivity index (χ1v) is 11.4. The van der Waals surface area contributed by atoms with Crippen LogP contribution in [0.5, 0.6) is 0 Å². The highest BCUT2D eigenvalue weighted by atomic mass is 32.1. The molecule has 0 fully saturated rings. The number of carbonyl (C=O) groups excluding carboxylic acids is 1. The van der Waals surface area contributed by atoms with Gasteiger partial charge in [-0.25, -0.2) is 4.98 Å². The number of allylic oxidation sites excluding steroid dienone is 2. The van der Waals surface area contributed by atoms with E-state index in [1.165, 1.54) is 29.7 Å². The number of rotatable bonds is 7. The lowest BCUT2D eigenvalue weighted by Crippen LogP contribution is -2.36. The molecule has 2 N–H and O–H groups in total. The molecule has 1 aromatic carbocycles. The largest absolute Gasteiger partial charge is 0.481 e. The lowest BCUT2D eigenvalue weighted by atomic mass is 9.76.